The van der Waals surface area contributed by atoms with Crippen LogP contribution in [0, 0.1) is 5.82 Å². The molecular weight excluding hydrogens is 275 g/mol. The van der Waals surface area contributed by atoms with Gasteiger partial charge in [0.15, 0.2) is 16.6 Å². The third-order valence-corrected chi connectivity index (χ3v) is 3.68. The zero-order valence-electron chi connectivity index (χ0n) is 9.32. The molecule has 0 radical (unpaired) electrons. The summed E-state index contributed by atoms with van der Waals surface area (Å²) in [6.45, 7) is 0.531. The van der Waals surface area contributed by atoms with Gasteiger partial charge in [-0.05, 0) is 18.1 Å². The van der Waals surface area contributed by atoms with Crippen molar-refractivity contribution >= 4 is 34.4 Å². The Morgan fingerprint density at radius 2 is 2.22 bits per heavy atom. The summed E-state index contributed by atoms with van der Waals surface area (Å²) >= 11 is 6.92. The van der Waals surface area contributed by atoms with Gasteiger partial charge in [0.05, 0.1) is 0 Å². The van der Waals surface area contributed by atoms with Crippen LogP contribution in [0.15, 0.2) is 24.3 Å². The number of halogens is 2. The van der Waals surface area contributed by atoms with Crippen LogP contribution in [0.3, 0.4) is 0 Å². The number of nitrogens with one attached hydrogen (secondary N) is 1. The van der Waals surface area contributed by atoms with Crippen molar-refractivity contribution < 1.29 is 9.18 Å². The van der Waals surface area contributed by atoms with E-state index in [0.717, 1.165) is 0 Å². The molecule has 3 nitrogen and oxygen atoms in total. The SMILES string of the molecule is O=Cc1sc(NCCc2ccccc2F)nc1Cl. The number of benzene rings is 1. The molecule has 6 heteroatoms. The van der Waals surface area contributed by atoms with Gasteiger partial charge in [0.25, 0.3) is 0 Å². The van der Waals surface area contributed by atoms with Gasteiger partial charge >= 0.3 is 0 Å². The Hall–Kier alpha value is -1.46. The summed E-state index contributed by atoms with van der Waals surface area (Å²) in [6, 6.07) is 6.62. The van der Waals surface area contributed by atoms with Gasteiger partial charge in [0.1, 0.15) is 10.7 Å². The van der Waals surface area contributed by atoms with E-state index in [4.69, 9.17) is 11.6 Å². The average Bonchev–Trinajstić information content (AvgIpc) is 2.72. The van der Waals surface area contributed by atoms with Gasteiger partial charge in [-0.15, -0.1) is 0 Å². The fraction of sp³-hybridized carbons (Fsp3) is 0.167. The summed E-state index contributed by atoms with van der Waals surface area (Å²) in [4.78, 5) is 15.0. The summed E-state index contributed by atoms with van der Waals surface area (Å²) < 4.78 is 13.3. The average molecular weight is 285 g/mol. The molecule has 1 N–H and O–H groups in total. The molecule has 0 saturated heterocycles. The molecular formula is C12H10ClFN2OS. The predicted octanol–water partition coefficient (Wildman–Crippen LogP) is 3.40. The van der Waals surface area contributed by atoms with Crippen LogP contribution in [0.2, 0.25) is 5.15 Å². The van der Waals surface area contributed by atoms with E-state index in [1.807, 2.05) is 0 Å². The van der Waals surface area contributed by atoms with Crippen LogP contribution in [0.1, 0.15) is 15.2 Å². The highest BCUT2D eigenvalue weighted by molar-refractivity contribution is 7.17. The van der Waals surface area contributed by atoms with E-state index in [1.54, 1.807) is 18.2 Å². The van der Waals surface area contributed by atoms with Crippen molar-refractivity contribution in [1.29, 1.82) is 0 Å². The Balaban J connectivity index is 1.92. The van der Waals surface area contributed by atoms with Gasteiger partial charge in [-0.3, -0.25) is 4.79 Å². The number of nitrogens with zero attached hydrogens (tertiary/aromatic N) is 1. The molecule has 2 aromatic rings. The van der Waals surface area contributed by atoms with E-state index in [1.165, 1.54) is 17.4 Å². The van der Waals surface area contributed by atoms with Crippen molar-refractivity contribution in [3.05, 3.63) is 45.7 Å². The second-order valence-corrected chi connectivity index (χ2v) is 4.95. The van der Waals surface area contributed by atoms with Crippen molar-refractivity contribution in [2.45, 2.75) is 6.42 Å². The van der Waals surface area contributed by atoms with Crippen LogP contribution < -0.4 is 5.32 Å². The Morgan fingerprint density at radius 1 is 1.44 bits per heavy atom. The van der Waals surface area contributed by atoms with E-state index in [-0.39, 0.29) is 11.0 Å². The van der Waals surface area contributed by atoms with Crippen LogP contribution in [0.4, 0.5) is 9.52 Å². The van der Waals surface area contributed by atoms with Crippen molar-refractivity contribution in [3.63, 3.8) is 0 Å². The quantitative estimate of drug-likeness (QED) is 0.856. The van der Waals surface area contributed by atoms with Gasteiger partial charge in [0.2, 0.25) is 0 Å². The normalized spacial score (nSPS) is 10.3. The predicted molar refractivity (Wildman–Crippen MR) is 71.1 cm³/mol. The number of carbonyl (C=O) groups excluding carboxylic acids is 1. The topological polar surface area (TPSA) is 42.0 Å². The largest absolute Gasteiger partial charge is 0.361 e. The lowest BCUT2D eigenvalue weighted by Crippen LogP contribution is -2.05. The number of thiazole rings is 1. The van der Waals surface area contributed by atoms with Gasteiger partial charge in [-0.25, -0.2) is 9.37 Å². The first kappa shape index (κ1) is 13.0. The Morgan fingerprint density at radius 3 is 2.89 bits per heavy atom. The van der Waals surface area contributed by atoms with E-state index in [9.17, 15) is 9.18 Å². The molecule has 0 aliphatic rings. The number of aldehydes is 1. The second-order valence-electron chi connectivity index (χ2n) is 3.56. The molecule has 0 unspecified atom stereocenters. The summed E-state index contributed by atoms with van der Waals surface area (Å²) in [5.74, 6) is -0.218. The first-order valence-corrected chi connectivity index (χ1v) is 6.49. The van der Waals surface area contributed by atoms with Gasteiger partial charge in [-0.1, -0.05) is 41.1 Å². The number of anilines is 1. The minimum absolute atomic E-state index is 0.198. The summed E-state index contributed by atoms with van der Waals surface area (Å²) in [5, 5.41) is 3.78. The standard InChI is InChI=1S/C12H10ClFN2OS/c13-11-10(7-17)18-12(16-11)15-6-5-8-3-1-2-4-9(8)14/h1-4,7H,5-6H2,(H,15,16). The molecule has 1 aromatic heterocycles. The zero-order chi connectivity index (χ0) is 13.0. The lowest BCUT2D eigenvalue weighted by Gasteiger charge is -2.03. The summed E-state index contributed by atoms with van der Waals surface area (Å²) in [6.07, 6.45) is 1.21. The molecule has 1 heterocycles. The first-order valence-electron chi connectivity index (χ1n) is 5.29. The smallest absolute Gasteiger partial charge is 0.184 e. The Bertz CT molecular complexity index is 559. The summed E-state index contributed by atoms with van der Waals surface area (Å²) in [5.41, 5.74) is 0.642. The molecule has 1 aromatic carbocycles. The lowest BCUT2D eigenvalue weighted by molar-refractivity contribution is 0.112. The molecule has 0 aliphatic heterocycles. The maximum atomic E-state index is 13.3. The van der Waals surface area contributed by atoms with Crippen LogP contribution in [0.25, 0.3) is 0 Å². The van der Waals surface area contributed by atoms with Crippen molar-refractivity contribution in [1.82, 2.24) is 4.98 Å². The molecule has 0 spiro atoms. The highest BCUT2D eigenvalue weighted by atomic mass is 35.5. The molecule has 0 saturated carbocycles. The fourth-order valence-electron chi connectivity index (χ4n) is 1.47. The van der Waals surface area contributed by atoms with Crippen molar-refractivity contribution in [3.8, 4) is 0 Å². The third kappa shape index (κ3) is 3.05. The highest BCUT2D eigenvalue weighted by Gasteiger charge is 2.08. The number of hydrogen-bond donors (Lipinski definition) is 1. The Labute approximate surface area is 113 Å². The van der Waals surface area contributed by atoms with Crippen LogP contribution >= 0.6 is 22.9 Å². The molecule has 0 bridgehead atoms. The number of rotatable bonds is 5. The lowest BCUT2D eigenvalue weighted by atomic mass is 10.1. The minimum Gasteiger partial charge on any atom is -0.361 e. The molecule has 0 aliphatic carbocycles. The van der Waals surface area contributed by atoms with E-state index in [2.05, 4.69) is 10.3 Å². The van der Waals surface area contributed by atoms with Gasteiger partial charge in [-0.2, -0.15) is 0 Å². The van der Waals surface area contributed by atoms with Crippen LogP contribution in [0.5, 0.6) is 0 Å². The summed E-state index contributed by atoms with van der Waals surface area (Å²) in [7, 11) is 0. The highest BCUT2D eigenvalue weighted by Crippen LogP contribution is 2.24. The Kier molecular flexibility index (Phi) is 4.28. The molecule has 2 rings (SSSR count). The maximum absolute atomic E-state index is 13.3. The van der Waals surface area contributed by atoms with Crippen LogP contribution in [-0.4, -0.2) is 17.8 Å². The number of aromatic nitrogens is 1. The molecule has 18 heavy (non-hydrogen) atoms. The number of hydrogen-bond acceptors (Lipinski definition) is 4. The van der Waals surface area contributed by atoms with Crippen molar-refractivity contribution in [2.75, 3.05) is 11.9 Å². The van der Waals surface area contributed by atoms with Gasteiger partial charge < -0.3 is 5.32 Å². The third-order valence-electron chi connectivity index (χ3n) is 2.35. The molecule has 0 atom stereocenters. The van der Waals surface area contributed by atoms with Gasteiger partial charge in [0, 0.05) is 6.54 Å². The maximum Gasteiger partial charge on any atom is 0.184 e. The zero-order valence-corrected chi connectivity index (χ0v) is 10.9. The molecule has 0 fully saturated rings. The van der Waals surface area contributed by atoms with E-state index >= 15 is 0 Å². The molecule has 94 valence electrons. The fourth-order valence-corrected chi connectivity index (χ4v) is 2.46. The monoisotopic (exact) mass is 284 g/mol. The first-order chi connectivity index (χ1) is 8.70. The van der Waals surface area contributed by atoms with Crippen LogP contribution in [-0.2, 0) is 6.42 Å². The van der Waals surface area contributed by atoms with Crippen molar-refractivity contribution in [2.24, 2.45) is 0 Å². The van der Waals surface area contributed by atoms with E-state index in [0.29, 0.717) is 34.8 Å². The number of carbonyl (C=O) groups is 1. The second kappa shape index (κ2) is 5.93. The molecule has 0 amide bonds. The minimum atomic E-state index is -0.218. The van der Waals surface area contributed by atoms with E-state index < -0.39 is 0 Å².